The number of amides is 1. The minimum absolute atomic E-state index is 0.0237. The third-order valence-corrected chi connectivity index (χ3v) is 5.36. The van der Waals surface area contributed by atoms with Gasteiger partial charge in [-0.15, -0.1) is 0 Å². The number of para-hydroxylation sites is 3. The van der Waals surface area contributed by atoms with E-state index in [1.54, 1.807) is 60.7 Å². The Balaban J connectivity index is 1.68. The molecule has 6 heteroatoms. The van der Waals surface area contributed by atoms with Gasteiger partial charge < -0.3 is 14.6 Å². The highest BCUT2D eigenvalue weighted by Gasteiger charge is 2.46. The van der Waals surface area contributed by atoms with E-state index >= 15 is 0 Å². The summed E-state index contributed by atoms with van der Waals surface area (Å²) >= 11 is 0. The molecule has 0 radical (unpaired) electrons. The Morgan fingerprint density at radius 2 is 1.55 bits per heavy atom. The van der Waals surface area contributed by atoms with Gasteiger partial charge in [0.25, 0.3) is 5.91 Å². The zero-order valence-corrected chi connectivity index (χ0v) is 16.2. The van der Waals surface area contributed by atoms with Gasteiger partial charge in [0, 0.05) is 5.39 Å². The van der Waals surface area contributed by atoms with Crippen molar-refractivity contribution in [1.82, 2.24) is 0 Å². The zero-order valence-electron chi connectivity index (χ0n) is 16.2. The molecule has 31 heavy (non-hydrogen) atoms. The van der Waals surface area contributed by atoms with Crippen LogP contribution in [-0.2, 0) is 4.79 Å². The summed E-state index contributed by atoms with van der Waals surface area (Å²) in [5, 5.41) is 21.9. The van der Waals surface area contributed by atoms with Crippen molar-refractivity contribution >= 4 is 28.3 Å². The Hall–Kier alpha value is -4.32. The average molecular weight is 411 g/mol. The number of carbonyl (C=O) groups is 2. The number of furan rings is 1. The minimum atomic E-state index is -0.928. The number of aliphatic hydroxyl groups excluding tert-OH is 1. The Morgan fingerprint density at radius 3 is 2.29 bits per heavy atom. The topological polar surface area (TPSA) is 91.0 Å². The molecule has 1 aliphatic rings. The largest absolute Gasteiger partial charge is 0.506 e. The van der Waals surface area contributed by atoms with Gasteiger partial charge in [-0.3, -0.25) is 14.5 Å². The van der Waals surface area contributed by atoms with Crippen LogP contribution in [0.5, 0.6) is 5.75 Å². The van der Waals surface area contributed by atoms with Crippen LogP contribution in [0.25, 0.3) is 11.0 Å². The van der Waals surface area contributed by atoms with Crippen LogP contribution in [0.1, 0.15) is 22.2 Å². The van der Waals surface area contributed by atoms with Crippen molar-refractivity contribution < 1.29 is 24.2 Å². The van der Waals surface area contributed by atoms with Crippen LogP contribution in [0.3, 0.4) is 0 Å². The molecule has 2 N–H and O–H groups in total. The fraction of sp³-hybridized carbons (Fsp3) is 0.0400. The molecule has 0 aliphatic carbocycles. The van der Waals surface area contributed by atoms with Crippen LogP contribution >= 0.6 is 0 Å². The number of phenolic OH excluding ortho intramolecular Hbond substituents is 1. The molecule has 4 aromatic rings. The maximum atomic E-state index is 13.5. The van der Waals surface area contributed by atoms with Crippen LogP contribution in [-0.4, -0.2) is 21.9 Å². The molecular weight excluding hydrogens is 394 g/mol. The fourth-order valence-electron chi connectivity index (χ4n) is 3.93. The van der Waals surface area contributed by atoms with Gasteiger partial charge in [-0.1, -0.05) is 60.7 Å². The third kappa shape index (κ3) is 2.97. The lowest BCUT2D eigenvalue weighted by Gasteiger charge is -2.27. The van der Waals surface area contributed by atoms with E-state index in [2.05, 4.69) is 0 Å². The molecule has 1 aromatic heterocycles. The standard InChI is InChI=1S/C25H17NO5/c27-18-12-6-5-11-17(18)26-22(15-8-2-1-3-9-15)21(24(29)25(26)30)23(28)20-14-16-10-4-7-13-19(16)31-20/h1-14,22,27,29H. The van der Waals surface area contributed by atoms with Crippen LogP contribution in [0.15, 0.2) is 101 Å². The number of aliphatic hydroxyl groups is 1. The lowest BCUT2D eigenvalue weighted by atomic mass is 9.94. The van der Waals surface area contributed by atoms with Gasteiger partial charge in [0.15, 0.2) is 11.5 Å². The Morgan fingerprint density at radius 1 is 0.871 bits per heavy atom. The second kappa shape index (κ2) is 7.18. The van der Waals surface area contributed by atoms with Gasteiger partial charge in [-0.2, -0.15) is 0 Å². The van der Waals surface area contributed by atoms with Gasteiger partial charge >= 0.3 is 0 Å². The van der Waals surface area contributed by atoms with E-state index in [9.17, 15) is 19.8 Å². The number of nitrogens with zero attached hydrogens (tertiary/aromatic N) is 1. The molecule has 3 aromatic carbocycles. The number of phenols is 1. The molecule has 0 bridgehead atoms. The molecule has 1 aliphatic heterocycles. The van der Waals surface area contributed by atoms with Crippen LogP contribution < -0.4 is 4.90 Å². The van der Waals surface area contributed by atoms with E-state index < -0.39 is 23.5 Å². The van der Waals surface area contributed by atoms with Crippen molar-refractivity contribution in [3.8, 4) is 5.75 Å². The van der Waals surface area contributed by atoms with Crippen molar-refractivity contribution in [2.24, 2.45) is 0 Å². The maximum absolute atomic E-state index is 13.5. The zero-order chi connectivity index (χ0) is 21.5. The first-order chi connectivity index (χ1) is 15.1. The summed E-state index contributed by atoms with van der Waals surface area (Å²) in [6, 6.07) is 23.0. The van der Waals surface area contributed by atoms with E-state index in [1.807, 2.05) is 18.2 Å². The second-order valence-corrected chi connectivity index (χ2v) is 7.22. The number of rotatable bonds is 4. The summed E-state index contributed by atoms with van der Waals surface area (Å²) in [6.45, 7) is 0. The van der Waals surface area contributed by atoms with Gasteiger partial charge in [0.1, 0.15) is 11.3 Å². The summed E-state index contributed by atoms with van der Waals surface area (Å²) in [4.78, 5) is 27.8. The lowest BCUT2D eigenvalue weighted by molar-refractivity contribution is -0.117. The minimum Gasteiger partial charge on any atom is -0.506 e. The Bertz CT molecular complexity index is 1320. The molecule has 1 unspecified atom stereocenters. The molecule has 1 amide bonds. The van der Waals surface area contributed by atoms with Gasteiger partial charge in [0.05, 0.1) is 17.3 Å². The molecule has 152 valence electrons. The fourth-order valence-corrected chi connectivity index (χ4v) is 3.93. The summed E-state index contributed by atoms with van der Waals surface area (Å²) < 4.78 is 5.70. The first-order valence-corrected chi connectivity index (χ1v) is 9.69. The van der Waals surface area contributed by atoms with E-state index in [4.69, 9.17) is 4.42 Å². The number of Topliss-reactive ketones (excluding diaryl/α,β-unsaturated/α-hetero) is 1. The number of fused-ring (bicyclic) bond motifs is 1. The Labute approximate surface area is 177 Å². The third-order valence-electron chi connectivity index (χ3n) is 5.36. The number of hydrogen-bond donors (Lipinski definition) is 2. The molecular formula is C25H17NO5. The van der Waals surface area contributed by atoms with E-state index in [-0.39, 0.29) is 22.8 Å². The molecule has 6 nitrogen and oxygen atoms in total. The van der Waals surface area contributed by atoms with Crippen molar-refractivity contribution in [1.29, 1.82) is 0 Å². The lowest BCUT2D eigenvalue weighted by Crippen LogP contribution is -2.31. The molecule has 5 rings (SSSR count). The highest BCUT2D eigenvalue weighted by Crippen LogP contribution is 2.44. The predicted octanol–water partition coefficient (Wildman–Crippen LogP) is 4.92. The van der Waals surface area contributed by atoms with Gasteiger partial charge in [-0.25, -0.2) is 0 Å². The van der Waals surface area contributed by atoms with Crippen molar-refractivity contribution in [3.63, 3.8) is 0 Å². The quantitative estimate of drug-likeness (QED) is 0.465. The molecule has 0 fully saturated rings. The second-order valence-electron chi connectivity index (χ2n) is 7.22. The van der Waals surface area contributed by atoms with Gasteiger partial charge in [-0.05, 0) is 29.8 Å². The molecule has 0 spiro atoms. The Kier molecular flexibility index (Phi) is 4.33. The first-order valence-electron chi connectivity index (χ1n) is 9.69. The maximum Gasteiger partial charge on any atom is 0.294 e. The average Bonchev–Trinajstić information content (AvgIpc) is 3.34. The van der Waals surface area contributed by atoms with Crippen molar-refractivity contribution in [3.05, 3.63) is 108 Å². The SMILES string of the molecule is O=C(C1=C(O)C(=O)N(c2ccccc2O)C1c1ccccc1)c1cc2ccccc2o1. The predicted molar refractivity (Wildman–Crippen MR) is 115 cm³/mol. The number of anilines is 1. The number of ketones is 1. The summed E-state index contributed by atoms with van der Waals surface area (Å²) in [7, 11) is 0. The van der Waals surface area contributed by atoms with Crippen LogP contribution in [0, 0.1) is 0 Å². The molecule has 0 saturated carbocycles. The van der Waals surface area contributed by atoms with Crippen molar-refractivity contribution in [2.75, 3.05) is 4.90 Å². The number of carbonyl (C=O) groups excluding carboxylic acids is 2. The normalized spacial score (nSPS) is 16.3. The summed E-state index contributed by atoms with van der Waals surface area (Å²) in [6.07, 6.45) is 0. The van der Waals surface area contributed by atoms with E-state index in [0.717, 1.165) is 5.39 Å². The number of benzene rings is 3. The van der Waals surface area contributed by atoms with E-state index in [1.165, 1.54) is 11.0 Å². The first kappa shape index (κ1) is 18.7. The van der Waals surface area contributed by atoms with Crippen LogP contribution in [0.4, 0.5) is 5.69 Å². The van der Waals surface area contributed by atoms with Gasteiger partial charge in [0.2, 0.25) is 5.78 Å². The molecule has 2 heterocycles. The monoisotopic (exact) mass is 411 g/mol. The smallest absolute Gasteiger partial charge is 0.294 e. The number of aromatic hydroxyl groups is 1. The van der Waals surface area contributed by atoms with Crippen LogP contribution in [0.2, 0.25) is 0 Å². The summed E-state index contributed by atoms with van der Waals surface area (Å²) in [5.41, 5.74) is 1.24. The molecule has 1 atom stereocenters. The highest BCUT2D eigenvalue weighted by atomic mass is 16.3. The molecule has 0 saturated heterocycles. The highest BCUT2D eigenvalue weighted by molar-refractivity contribution is 6.21. The number of hydrogen-bond acceptors (Lipinski definition) is 5. The summed E-state index contributed by atoms with van der Waals surface area (Å²) in [5.74, 6) is -2.14. The van der Waals surface area contributed by atoms with Crippen molar-refractivity contribution in [2.45, 2.75) is 6.04 Å². The van der Waals surface area contributed by atoms with E-state index in [0.29, 0.717) is 11.1 Å².